The van der Waals surface area contributed by atoms with Crippen molar-refractivity contribution in [2.75, 3.05) is 6.54 Å². The van der Waals surface area contributed by atoms with E-state index in [1.807, 2.05) is 30.5 Å². The number of aromatic nitrogens is 3. The number of hydrogen-bond acceptors (Lipinski definition) is 5. The molecule has 0 aliphatic carbocycles. The first-order valence-corrected chi connectivity index (χ1v) is 10.3. The minimum Gasteiger partial charge on any atom is -0.507 e. The lowest BCUT2D eigenvalue weighted by Gasteiger charge is -2.25. The van der Waals surface area contributed by atoms with Crippen LogP contribution in [0.3, 0.4) is 0 Å². The van der Waals surface area contributed by atoms with Crippen LogP contribution in [-0.4, -0.2) is 43.2 Å². The fourth-order valence-electron chi connectivity index (χ4n) is 4.24. The first-order valence-electron chi connectivity index (χ1n) is 10.3. The second-order valence-corrected chi connectivity index (χ2v) is 7.62. The molecular formula is C25H20N4O3. The quantitative estimate of drug-likeness (QED) is 0.290. The normalized spacial score (nSPS) is 17.9. The predicted octanol–water partition coefficient (Wildman–Crippen LogP) is 3.62. The lowest BCUT2D eigenvalue weighted by atomic mass is 9.96. The summed E-state index contributed by atoms with van der Waals surface area (Å²) in [4.78, 5) is 38.9. The van der Waals surface area contributed by atoms with Crippen molar-refractivity contribution in [2.45, 2.75) is 12.5 Å². The van der Waals surface area contributed by atoms with Crippen LogP contribution in [-0.2, 0) is 16.0 Å². The number of fused-ring (bicyclic) bond motifs is 1. The second kappa shape index (κ2) is 8.11. The van der Waals surface area contributed by atoms with E-state index in [1.54, 1.807) is 42.9 Å². The molecule has 2 N–H and O–H groups in total. The Bertz CT molecular complexity index is 1330. The number of carbonyl (C=O) groups excluding carboxylic acids is 2. The molecule has 158 valence electrons. The van der Waals surface area contributed by atoms with Gasteiger partial charge in [-0.1, -0.05) is 18.2 Å². The van der Waals surface area contributed by atoms with Gasteiger partial charge in [-0.3, -0.25) is 19.6 Å². The number of rotatable bonds is 5. The molecule has 1 fully saturated rings. The molecule has 4 aromatic rings. The fourth-order valence-corrected chi connectivity index (χ4v) is 4.24. The minimum atomic E-state index is -0.705. The Morgan fingerprint density at radius 3 is 2.59 bits per heavy atom. The number of pyridine rings is 2. The van der Waals surface area contributed by atoms with Crippen molar-refractivity contribution in [1.29, 1.82) is 0 Å². The van der Waals surface area contributed by atoms with E-state index in [2.05, 4.69) is 15.0 Å². The zero-order valence-corrected chi connectivity index (χ0v) is 17.1. The number of ketones is 1. The smallest absolute Gasteiger partial charge is 0.295 e. The molecule has 7 nitrogen and oxygen atoms in total. The monoisotopic (exact) mass is 424 g/mol. The summed E-state index contributed by atoms with van der Waals surface area (Å²) in [5, 5.41) is 12.1. The highest BCUT2D eigenvalue weighted by Crippen LogP contribution is 2.39. The van der Waals surface area contributed by atoms with Gasteiger partial charge in [0.05, 0.1) is 11.6 Å². The molecule has 0 spiro atoms. The van der Waals surface area contributed by atoms with Crippen molar-refractivity contribution in [3.05, 3.63) is 102 Å². The maximum atomic E-state index is 13.1. The van der Waals surface area contributed by atoms with Crippen molar-refractivity contribution in [3.8, 4) is 0 Å². The number of aliphatic hydroxyl groups is 1. The third-order valence-electron chi connectivity index (χ3n) is 5.79. The Morgan fingerprint density at radius 2 is 1.81 bits per heavy atom. The molecule has 1 unspecified atom stereocenters. The number of benzene rings is 1. The van der Waals surface area contributed by atoms with Gasteiger partial charge >= 0.3 is 0 Å². The molecule has 1 atom stereocenters. The van der Waals surface area contributed by atoms with Crippen LogP contribution in [0.5, 0.6) is 0 Å². The van der Waals surface area contributed by atoms with Gasteiger partial charge in [0.1, 0.15) is 5.76 Å². The van der Waals surface area contributed by atoms with Gasteiger partial charge in [-0.25, -0.2) is 0 Å². The molecule has 0 bridgehead atoms. The van der Waals surface area contributed by atoms with E-state index in [-0.39, 0.29) is 11.3 Å². The van der Waals surface area contributed by atoms with Gasteiger partial charge < -0.3 is 15.0 Å². The summed E-state index contributed by atoms with van der Waals surface area (Å²) in [6, 6.07) is 14.1. The summed E-state index contributed by atoms with van der Waals surface area (Å²) < 4.78 is 0. The molecule has 1 aliphatic heterocycles. The molecule has 5 rings (SSSR count). The molecule has 3 aromatic heterocycles. The maximum absolute atomic E-state index is 13.1. The summed E-state index contributed by atoms with van der Waals surface area (Å²) in [5.41, 5.74) is 3.24. The van der Waals surface area contributed by atoms with Crippen LogP contribution in [0.15, 0.2) is 85.1 Å². The molecule has 1 aromatic carbocycles. The highest BCUT2D eigenvalue weighted by Gasteiger charge is 2.45. The van der Waals surface area contributed by atoms with Crippen LogP contribution in [0, 0.1) is 0 Å². The maximum Gasteiger partial charge on any atom is 0.295 e. The minimum absolute atomic E-state index is 0.0631. The first kappa shape index (κ1) is 19.7. The lowest BCUT2D eigenvalue weighted by molar-refractivity contribution is -0.139. The predicted molar refractivity (Wildman–Crippen MR) is 119 cm³/mol. The van der Waals surface area contributed by atoms with Gasteiger partial charge in [0.25, 0.3) is 11.7 Å². The Kier molecular flexibility index (Phi) is 4.99. The summed E-state index contributed by atoms with van der Waals surface area (Å²) in [6.45, 7) is 0.323. The number of nitrogens with one attached hydrogen (secondary N) is 1. The molecule has 1 saturated heterocycles. The lowest BCUT2D eigenvalue weighted by Crippen LogP contribution is -2.31. The Morgan fingerprint density at radius 1 is 1.00 bits per heavy atom. The summed E-state index contributed by atoms with van der Waals surface area (Å²) in [5.74, 6) is -1.56. The zero-order chi connectivity index (χ0) is 22.1. The van der Waals surface area contributed by atoms with Gasteiger partial charge in [-0.2, -0.15) is 0 Å². The third kappa shape index (κ3) is 3.33. The van der Waals surface area contributed by atoms with Crippen LogP contribution >= 0.6 is 0 Å². The average Bonchev–Trinajstić information content (AvgIpc) is 3.37. The van der Waals surface area contributed by atoms with Gasteiger partial charge in [0, 0.05) is 54.0 Å². The molecule has 1 aliphatic rings. The fraction of sp³-hybridized carbons (Fsp3) is 0.120. The van der Waals surface area contributed by atoms with E-state index in [0.29, 0.717) is 24.1 Å². The summed E-state index contributed by atoms with van der Waals surface area (Å²) in [6.07, 6.45) is 8.76. The molecule has 0 radical (unpaired) electrons. The number of carbonyl (C=O) groups is 2. The van der Waals surface area contributed by atoms with Gasteiger partial charge in [0.2, 0.25) is 0 Å². The van der Waals surface area contributed by atoms with Crippen molar-refractivity contribution >= 4 is 28.4 Å². The molecule has 4 heterocycles. The van der Waals surface area contributed by atoms with E-state index >= 15 is 0 Å². The first-order chi connectivity index (χ1) is 15.6. The number of likely N-dealkylation sites (tertiary alicyclic amines) is 1. The van der Waals surface area contributed by atoms with Crippen molar-refractivity contribution in [1.82, 2.24) is 19.9 Å². The molecule has 1 amide bonds. The molecular weight excluding hydrogens is 404 g/mol. The van der Waals surface area contributed by atoms with E-state index in [9.17, 15) is 14.7 Å². The standard InChI is InChI=1S/C25H20N4O3/c30-23(18-4-3-10-27-14-18)21-22(16-7-11-26-12-8-16)29(25(32)24(21)31)13-9-17-15-28-20-6-2-1-5-19(17)20/h1-8,10-12,14-15,22,28,30H,9,13H2. The Hall–Kier alpha value is -4.26. The number of Topliss-reactive ketones (excluding diaryl/α,β-unsaturated/α-hetero) is 1. The Balaban J connectivity index is 1.55. The van der Waals surface area contributed by atoms with Crippen molar-refractivity contribution < 1.29 is 14.7 Å². The van der Waals surface area contributed by atoms with Gasteiger partial charge in [-0.05, 0) is 47.9 Å². The Labute approximate surface area is 184 Å². The van der Waals surface area contributed by atoms with Crippen molar-refractivity contribution in [3.63, 3.8) is 0 Å². The SMILES string of the molecule is O=C1C(=O)N(CCc2c[nH]c3ccccc23)C(c2ccncc2)C1=C(O)c1cccnc1. The number of amides is 1. The number of aliphatic hydroxyl groups excluding tert-OH is 1. The number of aromatic amines is 1. The highest BCUT2D eigenvalue weighted by molar-refractivity contribution is 6.46. The summed E-state index contributed by atoms with van der Waals surface area (Å²) in [7, 11) is 0. The van der Waals surface area contributed by atoms with Gasteiger partial charge in [-0.15, -0.1) is 0 Å². The number of hydrogen-bond donors (Lipinski definition) is 2. The number of H-pyrrole nitrogens is 1. The average molecular weight is 424 g/mol. The summed E-state index contributed by atoms with van der Waals surface area (Å²) >= 11 is 0. The van der Waals surface area contributed by atoms with E-state index < -0.39 is 17.7 Å². The topological polar surface area (TPSA) is 99.2 Å². The molecule has 7 heteroatoms. The number of nitrogens with zero attached hydrogens (tertiary/aromatic N) is 3. The van der Waals surface area contributed by atoms with Crippen LogP contribution < -0.4 is 0 Å². The number of para-hydroxylation sites is 1. The van der Waals surface area contributed by atoms with E-state index in [4.69, 9.17) is 0 Å². The third-order valence-corrected chi connectivity index (χ3v) is 5.79. The van der Waals surface area contributed by atoms with Crippen LogP contribution in [0.1, 0.15) is 22.7 Å². The van der Waals surface area contributed by atoms with Crippen LogP contribution in [0.4, 0.5) is 0 Å². The molecule has 32 heavy (non-hydrogen) atoms. The highest BCUT2D eigenvalue weighted by atomic mass is 16.3. The van der Waals surface area contributed by atoms with Crippen LogP contribution in [0.25, 0.3) is 16.7 Å². The van der Waals surface area contributed by atoms with E-state index in [1.165, 1.54) is 11.1 Å². The van der Waals surface area contributed by atoms with Crippen LogP contribution in [0.2, 0.25) is 0 Å². The zero-order valence-electron chi connectivity index (χ0n) is 17.1. The van der Waals surface area contributed by atoms with Crippen molar-refractivity contribution in [2.24, 2.45) is 0 Å². The molecule has 0 saturated carbocycles. The van der Waals surface area contributed by atoms with E-state index in [0.717, 1.165) is 16.5 Å². The largest absolute Gasteiger partial charge is 0.507 e. The van der Waals surface area contributed by atoms with Gasteiger partial charge in [0.15, 0.2) is 0 Å². The second-order valence-electron chi connectivity index (χ2n) is 7.62.